The molecule has 4 nitrogen and oxygen atoms in total. The van der Waals surface area contributed by atoms with Crippen LogP contribution < -0.4 is 5.73 Å². The van der Waals surface area contributed by atoms with Gasteiger partial charge in [-0.15, -0.1) is 0 Å². The van der Waals surface area contributed by atoms with E-state index in [9.17, 15) is 9.59 Å². The van der Waals surface area contributed by atoms with Gasteiger partial charge in [0.25, 0.3) is 0 Å². The van der Waals surface area contributed by atoms with Crippen LogP contribution >= 0.6 is 0 Å². The Labute approximate surface area is 72.7 Å². The quantitative estimate of drug-likeness (QED) is 0.602. The zero-order valence-corrected chi connectivity index (χ0v) is 7.59. The molecule has 0 unspecified atom stereocenters. The molecule has 12 heavy (non-hydrogen) atoms. The van der Waals surface area contributed by atoms with Crippen molar-refractivity contribution in [3.05, 3.63) is 0 Å². The molecule has 0 heterocycles. The van der Waals surface area contributed by atoms with Crippen LogP contribution in [0.25, 0.3) is 0 Å². The molecule has 4 heteroatoms. The average molecular weight is 171 g/mol. The van der Waals surface area contributed by atoms with Crippen LogP contribution in [0.4, 0.5) is 0 Å². The molecular weight excluding hydrogens is 156 g/mol. The average Bonchev–Trinajstić information content (AvgIpc) is 2.00. The van der Waals surface area contributed by atoms with Gasteiger partial charge in [0.2, 0.25) is 11.8 Å². The largest absolute Gasteiger partial charge is 0.345 e. The van der Waals surface area contributed by atoms with Crippen molar-refractivity contribution in [2.24, 2.45) is 0 Å². The predicted octanol–water partition coefficient (Wildman–Crippen LogP) is 0.444. The van der Waals surface area contributed by atoms with Gasteiger partial charge in [0.15, 0.2) is 0 Å². The lowest BCUT2D eigenvalue weighted by Gasteiger charge is -2.15. The van der Waals surface area contributed by atoms with Crippen molar-refractivity contribution >= 4 is 11.8 Å². The maximum Gasteiger partial charge on any atom is 0.240 e. The molecular formula is C8H15N2O2. The predicted molar refractivity (Wildman–Crippen MR) is 45.3 cm³/mol. The van der Waals surface area contributed by atoms with Crippen molar-refractivity contribution in [2.45, 2.75) is 26.2 Å². The zero-order valence-electron chi connectivity index (χ0n) is 7.59. The van der Waals surface area contributed by atoms with Crippen molar-refractivity contribution < 1.29 is 9.59 Å². The topological polar surface area (TPSA) is 61.2 Å². The molecule has 1 radical (unpaired) electrons. The Bertz CT molecular complexity index is 168. The van der Waals surface area contributed by atoms with Crippen molar-refractivity contribution in [3.63, 3.8) is 0 Å². The molecule has 0 fully saturated rings. The number of hydrogen-bond acceptors (Lipinski definition) is 2. The van der Waals surface area contributed by atoms with E-state index in [1.807, 2.05) is 6.92 Å². The third-order valence-electron chi connectivity index (χ3n) is 1.56. The van der Waals surface area contributed by atoms with E-state index >= 15 is 0 Å². The van der Waals surface area contributed by atoms with Gasteiger partial charge in [-0.1, -0.05) is 6.92 Å². The monoisotopic (exact) mass is 171 g/mol. The van der Waals surface area contributed by atoms with E-state index in [-0.39, 0.29) is 12.3 Å². The van der Waals surface area contributed by atoms with Gasteiger partial charge in [0.05, 0.1) is 0 Å². The normalized spacial score (nSPS) is 9.50. The summed E-state index contributed by atoms with van der Waals surface area (Å²) in [5.41, 5.74) is 6.64. The maximum atomic E-state index is 11.1. The van der Waals surface area contributed by atoms with Gasteiger partial charge in [0.1, 0.15) is 0 Å². The van der Waals surface area contributed by atoms with Crippen LogP contribution in [0.1, 0.15) is 26.2 Å². The van der Waals surface area contributed by atoms with Gasteiger partial charge >= 0.3 is 0 Å². The molecule has 0 aromatic heterocycles. The van der Waals surface area contributed by atoms with Crippen molar-refractivity contribution in [1.82, 2.24) is 10.6 Å². The summed E-state index contributed by atoms with van der Waals surface area (Å²) in [6.07, 6.45) is 1.46. The van der Waals surface area contributed by atoms with E-state index < -0.39 is 5.91 Å². The third kappa shape index (κ3) is 4.71. The highest BCUT2D eigenvalue weighted by Crippen LogP contribution is 1.95. The first-order valence-electron chi connectivity index (χ1n) is 4.06. The Balaban J connectivity index is 3.63. The molecule has 0 saturated heterocycles. The van der Waals surface area contributed by atoms with Crippen LogP contribution in [-0.2, 0) is 9.59 Å². The highest BCUT2D eigenvalue weighted by molar-refractivity contribution is 5.77. The van der Waals surface area contributed by atoms with E-state index in [0.29, 0.717) is 13.0 Å². The molecule has 0 atom stereocenters. The number of carbonyl (C=O) groups is 2. The summed E-state index contributed by atoms with van der Waals surface area (Å²) in [4.78, 5) is 22.9. The number of nitrogens with zero attached hydrogens (tertiary/aromatic N) is 1. The fourth-order valence-corrected chi connectivity index (χ4v) is 0.799. The Morgan fingerprint density at radius 3 is 2.33 bits per heavy atom. The van der Waals surface area contributed by atoms with E-state index in [1.165, 1.54) is 4.90 Å². The van der Waals surface area contributed by atoms with Gasteiger partial charge in [-0.2, -0.15) is 0 Å². The third-order valence-corrected chi connectivity index (χ3v) is 1.56. The number of amides is 2. The fraction of sp³-hybridized carbons (Fsp3) is 0.750. The minimum absolute atomic E-state index is 0.0405. The summed E-state index contributed by atoms with van der Waals surface area (Å²) in [5.74, 6) is -0.579. The zero-order chi connectivity index (χ0) is 9.56. The van der Waals surface area contributed by atoms with Crippen molar-refractivity contribution in [2.75, 3.05) is 13.6 Å². The number of nitrogens with one attached hydrogen (secondary N) is 1. The van der Waals surface area contributed by atoms with Gasteiger partial charge in [-0.05, 0) is 6.42 Å². The van der Waals surface area contributed by atoms with Crippen LogP contribution in [0, 0.1) is 0 Å². The Morgan fingerprint density at radius 1 is 1.33 bits per heavy atom. The van der Waals surface area contributed by atoms with E-state index in [1.54, 1.807) is 7.05 Å². The molecule has 69 valence electrons. The molecule has 0 aromatic carbocycles. The fourth-order valence-electron chi connectivity index (χ4n) is 0.799. The van der Waals surface area contributed by atoms with E-state index in [4.69, 9.17) is 5.73 Å². The number of rotatable bonds is 5. The second-order valence-corrected chi connectivity index (χ2v) is 2.74. The lowest BCUT2D eigenvalue weighted by Crippen LogP contribution is -2.28. The van der Waals surface area contributed by atoms with Crippen LogP contribution in [0.3, 0.4) is 0 Å². The first-order chi connectivity index (χ1) is 5.57. The molecule has 1 N–H and O–H groups in total. The molecule has 0 rings (SSSR count). The first-order valence-corrected chi connectivity index (χ1v) is 4.06. The highest BCUT2D eigenvalue weighted by Gasteiger charge is 2.07. The highest BCUT2D eigenvalue weighted by atomic mass is 16.2. The van der Waals surface area contributed by atoms with E-state index in [2.05, 4.69) is 0 Å². The molecule has 0 spiro atoms. The molecule has 0 saturated carbocycles. The molecule has 0 bridgehead atoms. The van der Waals surface area contributed by atoms with Crippen LogP contribution in [0.5, 0.6) is 0 Å². The van der Waals surface area contributed by atoms with Gasteiger partial charge in [0, 0.05) is 26.4 Å². The first kappa shape index (κ1) is 10.9. The van der Waals surface area contributed by atoms with Crippen molar-refractivity contribution in [1.29, 1.82) is 0 Å². The Hall–Kier alpha value is -1.06. The second-order valence-electron chi connectivity index (χ2n) is 2.74. The summed E-state index contributed by atoms with van der Waals surface area (Å²) < 4.78 is 0. The SMILES string of the molecule is CCCC(=O)N(C)CCC([NH])=O. The van der Waals surface area contributed by atoms with Crippen LogP contribution in [-0.4, -0.2) is 30.3 Å². The van der Waals surface area contributed by atoms with E-state index in [0.717, 1.165) is 6.42 Å². The van der Waals surface area contributed by atoms with Crippen LogP contribution in [0.2, 0.25) is 0 Å². The summed E-state index contributed by atoms with van der Waals surface area (Å²) in [6.45, 7) is 2.29. The maximum absolute atomic E-state index is 11.1. The molecule has 0 aromatic rings. The van der Waals surface area contributed by atoms with Crippen LogP contribution in [0.15, 0.2) is 0 Å². The number of hydrogen-bond donors (Lipinski definition) is 0. The molecule has 0 aliphatic rings. The van der Waals surface area contributed by atoms with Gasteiger partial charge in [-0.3, -0.25) is 15.3 Å². The summed E-state index contributed by atoms with van der Waals surface area (Å²) in [5, 5.41) is 0. The summed E-state index contributed by atoms with van der Waals surface area (Å²) in [6, 6.07) is 0. The molecule has 2 amide bonds. The Morgan fingerprint density at radius 2 is 1.92 bits per heavy atom. The second kappa shape index (κ2) is 5.57. The molecule has 0 aliphatic heterocycles. The minimum atomic E-state index is -0.619. The van der Waals surface area contributed by atoms with Crippen molar-refractivity contribution in [3.8, 4) is 0 Å². The number of carbonyl (C=O) groups excluding carboxylic acids is 2. The minimum Gasteiger partial charge on any atom is -0.345 e. The molecule has 0 aliphatic carbocycles. The lowest BCUT2D eigenvalue weighted by atomic mass is 10.3. The summed E-state index contributed by atoms with van der Waals surface area (Å²) >= 11 is 0. The van der Waals surface area contributed by atoms with Gasteiger partial charge in [-0.25, -0.2) is 0 Å². The van der Waals surface area contributed by atoms with Gasteiger partial charge < -0.3 is 4.90 Å². The summed E-state index contributed by atoms with van der Waals surface area (Å²) in [7, 11) is 1.65. The standard InChI is InChI=1S/C8H15N2O2/c1-3-4-8(12)10(2)6-5-7(9)11/h9H,3-6H2,1-2H3. The lowest BCUT2D eigenvalue weighted by molar-refractivity contribution is -0.130. The smallest absolute Gasteiger partial charge is 0.240 e. The Kier molecular flexibility index (Phi) is 5.08.